The highest BCUT2D eigenvalue weighted by molar-refractivity contribution is 5.79. The van der Waals surface area contributed by atoms with Crippen LogP contribution in [0.3, 0.4) is 0 Å². The monoisotopic (exact) mass is 370 g/mol. The number of carbonyl (C=O) groups is 3. The molecule has 1 atom stereocenters. The quantitative estimate of drug-likeness (QED) is 0.160. The summed E-state index contributed by atoms with van der Waals surface area (Å²) in [7, 11) is 5.76. The molecular formula is C19H32NO6+. The van der Waals surface area contributed by atoms with Gasteiger partial charge in [-0.25, -0.2) is 4.79 Å². The first kappa shape index (κ1) is 23.9. The summed E-state index contributed by atoms with van der Waals surface area (Å²) in [6.45, 7) is 0.453. The number of likely N-dealkylation sites (N-methyl/N-ethyl adjacent to an activating group) is 1. The number of esters is 1. The van der Waals surface area contributed by atoms with E-state index in [1.807, 2.05) is 33.3 Å². The Morgan fingerprint density at radius 3 is 2.08 bits per heavy atom. The van der Waals surface area contributed by atoms with Gasteiger partial charge in [0.1, 0.15) is 6.54 Å². The Labute approximate surface area is 155 Å². The van der Waals surface area contributed by atoms with Crippen LogP contribution in [0.4, 0.5) is 0 Å². The van der Waals surface area contributed by atoms with Crippen molar-refractivity contribution < 1.29 is 33.8 Å². The lowest BCUT2D eigenvalue weighted by Crippen LogP contribution is -2.43. The highest BCUT2D eigenvalue weighted by atomic mass is 16.5. The maximum Gasteiger partial charge on any atom is 0.327 e. The van der Waals surface area contributed by atoms with Crippen LogP contribution in [0.25, 0.3) is 0 Å². The number of rotatable bonds is 14. The Morgan fingerprint density at radius 1 is 0.962 bits per heavy atom. The predicted octanol–water partition coefficient (Wildman–Crippen LogP) is 2.62. The number of unbranched alkanes of at least 4 members (excludes halogenated alkanes) is 3. The molecule has 7 heteroatoms. The first-order valence-corrected chi connectivity index (χ1v) is 8.86. The average Bonchev–Trinajstić information content (AvgIpc) is 2.46. The van der Waals surface area contributed by atoms with Crippen LogP contribution in [-0.2, 0) is 19.1 Å². The molecule has 0 bridgehead atoms. The van der Waals surface area contributed by atoms with E-state index in [0.717, 1.165) is 31.8 Å². The van der Waals surface area contributed by atoms with E-state index in [4.69, 9.17) is 14.9 Å². The summed E-state index contributed by atoms with van der Waals surface area (Å²) in [5, 5.41) is 17.4. The standard InChI is InChI=1S/C19H31NO6/c1-20(2,3)15-16(14-18(23)24)26-19(25)13-11-9-7-5-4-6-8-10-12-17(21)22/h5,7,10,12,16H,4,6,8-9,11,13-15H2,1-3H3,(H-,21,22,23,24)/p+1/b7-5+,12-10+. The molecule has 0 aromatic carbocycles. The molecule has 0 saturated carbocycles. The van der Waals surface area contributed by atoms with E-state index >= 15 is 0 Å². The van der Waals surface area contributed by atoms with Crippen molar-refractivity contribution in [2.24, 2.45) is 0 Å². The molecular weight excluding hydrogens is 338 g/mol. The van der Waals surface area contributed by atoms with E-state index in [1.165, 1.54) is 0 Å². The van der Waals surface area contributed by atoms with Gasteiger partial charge in [-0.2, -0.15) is 0 Å². The number of hydrogen-bond donors (Lipinski definition) is 2. The van der Waals surface area contributed by atoms with Crippen LogP contribution in [-0.4, -0.2) is 66.4 Å². The van der Waals surface area contributed by atoms with E-state index in [1.54, 1.807) is 6.08 Å². The lowest BCUT2D eigenvalue weighted by atomic mass is 10.2. The molecule has 0 spiro atoms. The second-order valence-corrected chi connectivity index (χ2v) is 7.22. The summed E-state index contributed by atoms with van der Waals surface area (Å²) < 4.78 is 5.84. The van der Waals surface area contributed by atoms with Crippen molar-refractivity contribution in [3.63, 3.8) is 0 Å². The van der Waals surface area contributed by atoms with Gasteiger partial charge in [-0.3, -0.25) is 9.59 Å². The minimum atomic E-state index is -0.975. The summed E-state index contributed by atoms with van der Waals surface area (Å²) in [4.78, 5) is 33.1. The molecule has 2 N–H and O–H groups in total. The van der Waals surface area contributed by atoms with Crippen molar-refractivity contribution in [1.29, 1.82) is 0 Å². The van der Waals surface area contributed by atoms with Crippen molar-refractivity contribution in [2.75, 3.05) is 27.7 Å². The number of hydrogen-bond acceptors (Lipinski definition) is 4. The first-order chi connectivity index (χ1) is 12.1. The Morgan fingerprint density at radius 2 is 1.54 bits per heavy atom. The molecule has 0 aliphatic carbocycles. The van der Waals surface area contributed by atoms with Gasteiger partial charge in [0.2, 0.25) is 0 Å². The van der Waals surface area contributed by atoms with Crippen molar-refractivity contribution >= 4 is 17.9 Å². The van der Waals surface area contributed by atoms with Crippen molar-refractivity contribution in [3.8, 4) is 0 Å². The Kier molecular flexibility index (Phi) is 12.0. The van der Waals surface area contributed by atoms with Gasteiger partial charge >= 0.3 is 17.9 Å². The maximum absolute atomic E-state index is 11.9. The first-order valence-electron chi connectivity index (χ1n) is 8.86. The Hall–Kier alpha value is -2.15. The molecule has 0 saturated heterocycles. The smallest absolute Gasteiger partial charge is 0.327 e. The van der Waals surface area contributed by atoms with Gasteiger partial charge in [0.25, 0.3) is 0 Å². The second-order valence-electron chi connectivity index (χ2n) is 7.22. The summed E-state index contributed by atoms with van der Waals surface area (Å²) in [5.74, 6) is -2.27. The Balaban J connectivity index is 3.96. The fraction of sp³-hybridized carbons (Fsp3) is 0.632. The molecule has 0 heterocycles. The van der Waals surface area contributed by atoms with Gasteiger partial charge in [-0.1, -0.05) is 18.2 Å². The maximum atomic E-state index is 11.9. The van der Waals surface area contributed by atoms with E-state index in [2.05, 4.69) is 0 Å². The lowest BCUT2D eigenvalue weighted by molar-refractivity contribution is -0.873. The van der Waals surface area contributed by atoms with Crippen LogP contribution in [0.1, 0.15) is 44.9 Å². The minimum absolute atomic E-state index is 0.183. The van der Waals surface area contributed by atoms with Crippen LogP contribution in [0.2, 0.25) is 0 Å². The molecule has 148 valence electrons. The van der Waals surface area contributed by atoms with Crippen LogP contribution in [0.5, 0.6) is 0 Å². The lowest BCUT2D eigenvalue weighted by Gasteiger charge is -2.28. The number of allylic oxidation sites excluding steroid dienone is 3. The van der Waals surface area contributed by atoms with E-state index < -0.39 is 18.0 Å². The van der Waals surface area contributed by atoms with Crippen molar-refractivity contribution in [1.82, 2.24) is 0 Å². The van der Waals surface area contributed by atoms with Gasteiger partial charge in [0.15, 0.2) is 6.10 Å². The van der Waals surface area contributed by atoms with Gasteiger partial charge in [-0.05, 0) is 32.1 Å². The molecule has 0 aliphatic heterocycles. The summed E-state index contributed by atoms with van der Waals surface area (Å²) in [6.07, 6.45) is 10.1. The number of ether oxygens (including phenoxy) is 1. The molecule has 0 amide bonds. The minimum Gasteiger partial charge on any atom is -0.481 e. The normalized spacial score (nSPS) is 13.2. The highest BCUT2D eigenvalue weighted by Gasteiger charge is 2.24. The molecule has 0 fully saturated rings. The van der Waals surface area contributed by atoms with Crippen LogP contribution < -0.4 is 0 Å². The third-order valence-corrected chi connectivity index (χ3v) is 3.37. The van der Waals surface area contributed by atoms with Gasteiger partial charge in [0.05, 0.1) is 27.6 Å². The van der Waals surface area contributed by atoms with E-state index in [0.29, 0.717) is 17.4 Å². The van der Waals surface area contributed by atoms with Gasteiger partial charge < -0.3 is 19.4 Å². The molecule has 7 nitrogen and oxygen atoms in total. The molecule has 0 aromatic rings. The largest absolute Gasteiger partial charge is 0.481 e. The van der Waals surface area contributed by atoms with Crippen LogP contribution >= 0.6 is 0 Å². The summed E-state index contributed by atoms with van der Waals surface area (Å²) in [6, 6.07) is 0. The zero-order valence-corrected chi connectivity index (χ0v) is 16.0. The zero-order valence-electron chi connectivity index (χ0n) is 16.0. The number of carboxylic acids is 2. The number of aliphatic carboxylic acids is 2. The SMILES string of the molecule is C[N+](C)(C)CC(CC(=O)O)OC(=O)CCC/C=C/CCC/C=C/C(=O)O. The van der Waals surface area contributed by atoms with Crippen molar-refractivity contribution in [2.45, 2.75) is 51.0 Å². The molecule has 0 rings (SSSR count). The van der Waals surface area contributed by atoms with E-state index in [9.17, 15) is 14.4 Å². The third-order valence-electron chi connectivity index (χ3n) is 3.37. The molecule has 1 unspecified atom stereocenters. The molecule has 26 heavy (non-hydrogen) atoms. The van der Waals surface area contributed by atoms with Gasteiger partial charge in [0, 0.05) is 12.5 Å². The Bertz CT molecular complexity index is 505. The fourth-order valence-electron chi connectivity index (χ4n) is 2.33. The molecule has 0 aliphatic rings. The number of carboxylic acid groups (broad SMARTS) is 2. The fourth-order valence-corrected chi connectivity index (χ4v) is 2.33. The number of quaternary nitrogens is 1. The second kappa shape index (κ2) is 13.1. The highest BCUT2D eigenvalue weighted by Crippen LogP contribution is 2.09. The van der Waals surface area contributed by atoms with Crippen LogP contribution in [0.15, 0.2) is 24.3 Å². The summed E-state index contributed by atoms with van der Waals surface area (Å²) >= 11 is 0. The molecule has 0 radical (unpaired) electrons. The molecule has 0 aromatic heterocycles. The summed E-state index contributed by atoms with van der Waals surface area (Å²) in [5.41, 5.74) is 0. The zero-order chi connectivity index (χ0) is 20.0. The number of carbonyl (C=O) groups excluding carboxylic acids is 1. The predicted molar refractivity (Wildman–Crippen MR) is 98.7 cm³/mol. The third kappa shape index (κ3) is 16.7. The topological polar surface area (TPSA) is 101 Å². The van der Waals surface area contributed by atoms with E-state index in [-0.39, 0.29) is 18.8 Å². The van der Waals surface area contributed by atoms with Gasteiger partial charge in [-0.15, -0.1) is 0 Å². The van der Waals surface area contributed by atoms with Crippen LogP contribution in [0, 0.1) is 0 Å². The number of nitrogens with zero attached hydrogens (tertiary/aromatic N) is 1. The average molecular weight is 370 g/mol. The van der Waals surface area contributed by atoms with Crippen molar-refractivity contribution in [3.05, 3.63) is 24.3 Å².